The van der Waals surface area contributed by atoms with Gasteiger partial charge in [-0.15, -0.1) is 0 Å². The Hall–Kier alpha value is -1.58. The summed E-state index contributed by atoms with van der Waals surface area (Å²) in [6.07, 6.45) is 0. The molecule has 29 heavy (non-hydrogen) atoms. The van der Waals surface area contributed by atoms with Crippen LogP contribution in [0.4, 0.5) is 0 Å². The molecule has 2 aromatic rings. The Morgan fingerprint density at radius 1 is 0.759 bits per heavy atom. The van der Waals surface area contributed by atoms with Crippen LogP contribution in [0.2, 0.25) is 0 Å². The molecule has 0 spiro atoms. The molecule has 0 saturated carbocycles. The van der Waals surface area contributed by atoms with E-state index in [1.165, 1.54) is 11.1 Å². The van der Waals surface area contributed by atoms with Crippen LogP contribution in [-0.4, -0.2) is 17.7 Å². The molecule has 158 valence electrons. The molecule has 0 unspecified atom stereocenters. The van der Waals surface area contributed by atoms with Gasteiger partial charge in [0.15, 0.2) is 0 Å². The molecule has 0 atom stereocenters. The topological polar surface area (TPSA) is 29.5 Å². The molecule has 0 amide bonds. The summed E-state index contributed by atoms with van der Waals surface area (Å²) in [4.78, 5) is 0. The molecular formula is C26H39BO2. The van der Waals surface area contributed by atoms with Crippen LogP contribution in [-0.2, 0) is 15.5 Å². The van der Waals surface area contributed by atoms with Crippen molar-refractivity contribution >= 4 is 12.6 Å². The van der Waals surface area contributed by atoms with Crippen molar-refractivity contribution in [3.8, 4) is 11.1 Å². The molecule has 0 heterocycles. The van der Waals surface area contributed by atoms with Crippen molar-refractivity contribution in [2.24, 2.45) is 5.92 Å². The molecule has 2 aromatic carbocycles. The SMILES string of the molecule is CC(C)C(C)(C)OB(O)c1cc(C(C)(C)C)ccc1-c1ccc(C(C)(C)C)cc1. The van der Waals surface area contributed by atoms with Crippen LogP contribution in [0.5, 0.6) is 0 Å². The third-order valence-electron chi connectivity index (χ3n) is 6.05. The van der Waals surface area contributed by atoms with E-state index in [4.69, 9.17) is 4.65 Å². The fourth-order valence-corrected chi connectivity index (χ4v) is 3.13. The maximum atomic E-state index is 11.1. The average molecular weight is 394 g/mol. The fourth-order valence-electron chi connectivity index (χ4n) is 3.13. The Morgan fingerprint density at radius 2 is 1.24 bits per heavy atom. The zero-order chi connectivity index (χ0) is 22.2. The highest BCUT2D eigenvalue weighted by atomic mass is 16.5. The van der Waals surface area contributed by atoms with Crippen molar-refractivity contribution in [2.75, 3.05) is 0 Å². The molecule has 0 saturated heterocycles. The molecule has 0 fully saturated rings. The molecule has 0 bridgehead atoms. The van der Waals surface area contributed by atoms with Crippen LogP contribution in [0.1, 0.15) is 80.4 Å². The molecule has 0 aliphatic heterocycles. The molecule has 0 aromatic heterocycles. The van der Waals surface area contributed by atoms with E-state index in [1.54, 1.807) is 0 Å². The van der Waals surface area contributed by atoms with Gasteiger partial charge >= 0.3 is 7.12 Å². The van der Waals surface area contributed by atoms with Gasteiger partial charge in [0.1, 0.15) is 0 Å². The minimum Gasteiger partial charge on any atom is -0.423 e. The van der Waals surface area contributed by atoms with E-state index in [-0.39, 0.29) is 16.7 Å². The summed E-state index contributed by atoms with van der Waals surface area (Å²) in [6, 6.07) is 15.1. The first-order chi connectivity index (χ1) is 13.1. The van der Waals surface area contributed by atoms with E-state index < -0.39 is 12.7 Å². The molecular weight excluding hydrogens is 355 g/mol. The molecule has 0 radical (unpaired) electrons. The van der Waals surface area contributed by atoms with Crippen molar-refractivity contribution in [1.29, 1.82) is 0 Å². The van der Waals surface area contributed by atoms with Crippen molar-refractivity contribution in [3.05, 3.63) is 53.6 Å². The van der Waals surface area contributed by atoms with Crippen molar-refractivity contribution in [2.45, 2.75) is 85.7 Å². The Kier molecular flexibility index (Phi) is 6.77. The Bertz CT molecular complexity index is 821. The van der Waals surface area contributed by atoms with E-state index in [0.717, 1.165) is 16.6 Å². The summed E-state index contributed by atoms with van der Waals surface area (Å²) < 4.78 is 6.15. The maximum Gasteiger partial charge on any atom is 0.492 e. The second-order valence-corrected chi connectivity index (χ2v) is 11.1. The highest BCUT2D eigenvalue weighted by Crippen LogP contribution is 2.29. The molecule has 2 rings (SSSR count). The van der Waals surface area contributed by atoms with Crippen molar-refractivity contribution in [1.82, 2.24) is 0 Å². The van der Waals surface area contributed by atoms with Gasteiger partial charge in [0.05, 0.1) is 5.60 Å². The van der Waals surface area contributed by atoms with Gasteiger partial charge in [-0.3, -0.25) is 0 Å². The minimum absolute atomic E-state index is 0.00332. The smallest absolute Gasteiger partial charge is 0.423 e. The quantitative estimate of drug-likeness (QED) is 0.622. The highest BCUT2D eigenvalue weighted by Gasteiger charge is 2.32. The van der Waals surface area contributed by atoms with E-state index in [2.05, 4.69) is 97.9 Å². The second kappa shape index (κ2) is 8.28. The normalized spacial score (nSPS) is 13.1. The molecule has 0 aliphatic carbocycles. The van der Waals surface area contributed by atoms with Gasteiger partial charge in [-0.05, 0) is 58.3 Å². The van der Waals surface area contributed by atoms with Crippen LogP contribution < -0.4 is 5.46 Å². The van der Waals surface area contributed by atoms with Crippen LogP contribution in [0.25, 0.3) is 11.1 Å². The lowest BCUT2D eigenvalue weighted by atomic mass is 9.70. The van der Waals surface area contributed by atoms with E-state index >= 15 is 0 Å². The van der Waals surface area contributed by atoms with E-state index in [1.807, 2.05) is 13.8 Å². The summed E-state index contributed by atoms with van der Waals surface area (Å²) in [6.45, 7) is 21.5. The zero-order valence-corrected chi connectivity index (χ0v) is 20.1. The largest absolute Gasteiger partial charge is 0.492 e. The van der Waals surface area contributed by atoms with E-state index in [9.17, 15) is 5.02 Å². The van der Waals surface area contributed by atoms with Crippen LogP contribution in [0.15, 0.2) is 42.5 Å². The standard InChI is InChI=1S/C26H39BO2/c1-18(2)26(9,10)29-27(28)23-17-21(25(6,7)8)15-16-22(23)19-11-13-20(14-12-19)24(3,4)5/h11-18,28H,1-10H3. The Morgan fingerprint density at radius 3 is 1.69 bits per heavy atom. The average Bonchev–Trinajstić information content (AvgIpc) is 2.59. The lowest BCUT2D eigenvalue weighted by Gasteiger charge is -2.32. The van der Waals surface area contributed by atoms with Crippen molar-refractivity contribution < 1.29 is 9.68 Å². The van der Waals surface area contributed by atoms with Gasteiger partial charge < -0.3 is 9.68 Å². The van der Waals surface area contributed by atoms with Gasteiger partial charge in [-0.1, -0.05) is 97.9 Å². The Balaban J connectivity index is 2.54. The van der Waals surface area contributed by atoms with Gasteiger partial charge in [0.25, 0.3) is 0 Å². The summed E-state index contributed by atoms with van der Waals surface area (Å²) in [5.41, 5.74) is 5.11. The van der Waals surface area contributed by atoms with Gasteiger partial charge in [0, 0.05) is 0 Å². The first kappa shape index (κ1) is 23.7. The summed E-state index contributed by atoms with van der Waals surface area (Å²) in [5.74, 6) is 0.289. The predicted octanol–water partition coefficient (Wildman–Crippen LogP) is 6.09. The molecule has 0 aliphatic rings. The highest BCUT2D eigenvalue weighted by molar-refractivity contribution is 6.62. The van der Waals surface area contributed by atoms with Crippen LogP contribution in [0, 0.1) is 5.92 Å². The summed E-state index contributed by atoms with van der Waals surface area (Å²) >= 11 is 0. The monoisotopic (exact) mass is 394 g/mol. The first-order valence-electron chi connectivity index (χ1n) is 10.7. The third kappa shape index (κ3) is 5.74. The molecule has 2 nitrogen and oxygen atoms in total. The minimum atomic E-state index is -0.980. The number of hydrogen-bond donors (Lipinski definition) is 1. The van der Waals surface area contributed by atoms with Crippen LogP contribution >= 0.6 is 0 Å². The molecule has 3 heteroatoms. The van der Waals surface area contributed by atoms with Gasteiger partial charge in [-0.25, -0.2) is 0 Å². The number of hydrogen-bond acceptors (Lipinski definition) is 2. The Labute approximate surface area is 178 Å². The van der Waals surface area contributed by atoms with Crippen LogP contribution in [0.3, 0.4) is 0 Å². The molecule has 1 N–H and O–H groups in total. The van der Waals surface area contributed by atoms with Gasteiger partial charge in [0.2, 0.25) is 0 Å². The van der Waals surface area contributed by atoms with E-state index in [0.29, 0.717) is 0 Å². The zero-order valence-electron chi connectivity index (χ0n) is 20.1. The number of rotatable bonds is 5. The van der Waals surface area contributed by atoms with Crippen molar-refractivity contribution in [3.63, 3.8) is 0 Å². The number of benzene rings is 2. The summed E-state index contributed by atoms with van der Waals surface area (Å²) in [7, 11) is -0.980. The fraction of sp³-hybridized carbons (Fsp3) is 0.538. The summed E-state index contributed by atoms with van der Waals surface area (Å²) in [5, 5.41) is 11.1. The first-order valence-corrected chi connectivity index (χ1v) is 10.7. The lowest BCUT2D eigenvalue weighted by molar-refractivity contribution is 0.0424. The predicted molar refractivity (Wildman–Crippen MR) is 127 cm³/mol. The van der Waals surface area contributed by atoms with Gasteiger partial charge in [-0.2, -0.15) is 0 Å². The second-order valence-electron chi connectivity index (χ2n) is 11.1. The lowest BCUT2D eigenvalue weighted by Crippen LogP contribution is -2.45. The maximum absolute atomic E-state index is 11.1. The third-order valence-corrected chi connectivity index (χ3v) is 6.05.